The third-order valence-electron chi connectivity index (χ3n) is 3.52. The number of methoxy groups -OCH3 is 2. The average Bonchev–Trinajstić information content (AvgIpc) is 2.63. The SMILES string of the molecule is COCCN(CCOC)c1ncnc(Nc2ccc(Br)cc2)c1[N+](=O)[O-]. The van der Waals surface area contributed by atoms with Crippen molar-refractivity contribution in [3.63, 3.8) is 0 Å². The lowest BCUT2D eigenvalue weighted by molar-refractivity contribution is -0.383. The van der Waals surface area contributed by atoms with E-state index in [4.69, 9.17) is 9.47 Å². The van der Waals surface area contributed by atoms with E-state index in [-0.39, 0.29) is 17.3 Å². The number of rotatable bonds is 10. The fourth-order valence-electron chi connectivity index (χ4n) is 2.26. The van der Waals surface area contributed by atoms with Crippen LogP contribution in [-0.4, -0.2) is 55.4 Å². The van der Waals surface area contributed by atoms with E-state index in [0.29, 0.717) is 32.0 Å². The molecule has 0 amide bonds. The molecule has 0 bridgehead atoms. The Morgan fingerprint density at radius 1 is 1.15 bits per heavy atom. The van der Waals surface area contributed by atoms with Gasteiger partial charge < -0.3 is 19.7 Å². The monoisotopic (exact) mass is 425 g/mol. The zero-order valence-corrected chi connectivity index (χ0v) is 16.1. The van der Waals surface area contributed by atoms with Crippen LogP contribution < -0.4 is 10.2 Å². The van der Waals surface area contributed by atoms with Gasteiger partial charge >= 0.3 is 5.69 Å². The van der Waals surface area contributed by atoms with Crippen molar-refractivity contribution >= 4 is 38.9 Å². The van der Waals surface area contributed by atoms with Gasteiger partial charge in [0.2, 0.25) is 11.6 Å². The fraction of sp³-hybridized carbons (Fsp3) is 0.375. The van der Waals surface area contributed by atoms with Gasteiger partial charge in [-0.05, 0) is 24.3 Å². The van der Waals surface area contributed by atoms with Gasteiger partial charge in [0.05, 0.1) is 18.1 Å². The summed E-state index contributed by atoms with van der Waals surface area (Å²) < 4.78 is 11.1. The van der Waals surface area contributed by atoms with Crippen LogP contribution in [0.2, 0.25) is 0 Å². The highest BCUT2D eigenvalue weighted by molar-refractivity contribution is 9.10. The predicted octanol–water partition coefficient (Wildman–Crippen LogP) is 2.99. The Hall–Kier alpha value is -2.30. The molecule has 0 aliphatic carbocycles. The Morgan fingerprint density at radius 2 is 1.77 bits per heavy atom. The lowest BCUT2D eigenvalue weighted by atomic mass is 10.3. The van der Waals surface area contributed by atoms with Crippen molar-refractivity contribution in [2.24, 2.45) is 0 Å². The molecule has 1 heterocycles. The third kappa shape index (κ3) is 5.35. The Balaban J connectivity index is 2.38. The summed E-state index contributed by atoms with van der Waals surface area (Å²) in [5, 5.41) is 14.7. The predicted molar refractivity (Wildman–Crippen MR) is 102 cm³/mol. The van der Waals surface area contributed by atoms with Gasteiger partial charge in [-0.3, -0.25) is 10.1 Å². The number of ether oxygens (including phenoxy) is 2. The molecule has 0 saturated heterocycles. The molecular weight excluding hydrogens is 406 g/mol. The van der Waals surface area contributed by atoms with Gasteiger partial charge in [-0.25, -0.2) is 9.97 Å². The summed E-state index contributed by atoms with van der Waals surface area (Å²) >= 11 is 3.36. The van der Waals surface area contributed by atoms with Gasteiger partial charge in [-0.1, -0.05) is 15.9 Å². The molecule has 1 N–H and O–H groups in total. The molecule has 0 saturated carbocycles. The van der Waals surface area contributed by atoms with Crippen LogP contribution in [0.4, 0.5) is 23.0 Å². The van der Waals surface area contributed by atoms with Crippen LogP contribution in [0.15, 0.2) is 35.1 Å². The summed E-state index contributed by atoms with van der Waals surface area (Å²) in [6, 6.07) is 7.26. The molecule has 0 spiro atoms. The maximum Gasteiger partial charge on any atom is 0.353 e. The molecule has 26 heavy (non-hydrogen) atoms. The fourth-order valence-corrected chi connectivity index (χ4v) is 2.52. The van der Waals surface area contributed by atoms with Crippen LogP contribution >= 0.6 is 15.9 Å². The lowest BCUT2D eigenvalue weighted by Gasteiger charge is -2.23. The van der Waals surface area contributed by atoms with Crippen molar-refractivity contribution in [1.29, 1.82) is 0 Å². The van der Waals surface area contributed by atoms with E-state index in [2.05, 4.69) is 31.2 Å². The number of aromatic nitrogens is 2. The summed E-state index contributed by atoms with van der Waals surface area (Å²) in [6.45, 7) is 1.69. The highest BCUT2D eigenvalue weighted by atomic mass is 79.9. The van der Waals surface area contributed by atoms with Gasteiger partial charge in [0.25, 0.3) is 0 Å². The maximum atomic E-state index is 11.7. The molecule has 0 fully saturated rings. The summed E-state index contributed by atoms with van der Waals surface area (Å²) in [7, 11) is 3.15. The van der Waals surface area contributed by atoms with E-state index in [9.17, 15) is 10.1 Å². The number of hydrogen-bond donors (Lipinski definition) is 1. The van der Waals surface area contributed by atoms with E-state index in [0.717, 1.165) is 4.47 Å². The molecule has 1 aromatic carbocycles. The maximum absolute atomic E-state index is 11.7. The first kappa shape index (κ1) is 20.0. The van der Waals surface area contributed by atoms with Crippen molar-refractivity contribution in [2.75, 3.05) is 50.7 Å². The van der Waals surface area contributed by atoms with Crippen molar-refractivity contribution in [3.8, 4) is 0 Å². The highest BCUT2D eigenvalue weighted by Crippen LogP contribution is 2.33. The third-order valence-corrected chi connectivity index (χ3v) is 4.05. The number of nitrogens with one attached hydrogen (secondary N) is 1. The van der Waals surface area contributed by atoms with E-state index in [1.54, 1.807) is 31.3 Å². The first-order chi connectivity index (χ1) is 12.6. The highest BCUT2D eigenvalue weighted by Gasteiger charge is 2.27. The van der Waals surface area contributed by atoms with E-state index in [1.165, 1.54) is 6.33 Å². The second-order valence-electron chi connectivity index (χ2n) is 5.26. The van der Waals surface area contributed by atoms with Gasteiger partial charge in [0.1, 0.15) is 6.33 Å². The normalized spacial score (nSPS) is 10.6. The molecule has 0 radical (unpaired) electrons. The smallest absolute Gasteiger partial charge is 0.353 e. The molecule has 0 atom stereocenters. The van der Waals surface area contributed by atoms with Gasteiger partial charge in [0.15, 0.2) is 0 Å². The number of halogens is 1. The van der Waals surface area contributed by atoms with E-state index < -0.39 is 4.92 Å². The topological polar surface area (TPSA) is 103 Å². The molecule has 140 valence electrons. The minimum absolute atomic E-state index is 0.127. The van der Waals surface area contributed by atoms with Crippen LogP contribution in [0.25, 0.3) is 0 Å². The number of nitrogens with zero attached hydrogens (tertiary/aromatic N) is 4. The van der Waals surface area contributed by atoms with Crippen LogP contribution in [-0.2, 0) is 9.47 Å². The molecule has 9 nitrogen and oxygen atoms in total. The van der Waals surface area contributed by atoms with Crippen molar-refractivity contribution in [3.05, 3.63) is 45.2 Å². The van der Waals surface area contributed by atoms with Gasteiger partial charge in [-0.2, -0.15) is 0 Å². The molecule has 0 unspecified atom stereocenters. The zero-order valence-electron chi connectivity index (χ0n) is 14.5. The molecule has 0 aliphatic heterocycles. The number of hydrogen-bond acceptors (Lipinski definition) is 8. The Morgan fingerprint density at radius 3 is 2.31 bits per heavy atom. The van der Waals surface area contributed by atoms with Gasteiger partial charge in [-0.15, -0.1) is 0 Å². The largest absolute Gasteiger partial charge is 0.383 e. The number of benzene rings is 1. The van der Waals surface area contributed by atoms with Crippen LogP contribution in [0.5, 0.6) is 0 Å². The molecule has 10 heteroatoms. The number of nitro groups is 1. The zero-order chi connectivity index (χ0) is 18.9. The molecule has 2 aromatic rings. The Kier molecular flexibility index (Phi) is 7.70. The minimum Gasteiger partial charge on any atom is -0.383 e. The van der Waals surface area contributed by atoms with Crippen molar-refractivity contribution in [2.45, 2.75) is 0 Å². The average molecular weight is 426 g/mol. The minimum atomic E-state index is -0.483. The summed E-state index contributed by atoms with van der Waals surface area (Å²) in [4.78, 5) is 21.2. The molecule has 0 aliphatic rings. The van der Waals surface area contributed by atoms with Crippen molar-refractivity contribution < 1.29 is 14.4 Å². The number of anilines is 3. The second kappa shape index (κ2) is 10.00. The van der Waals surface area contributed by atoms with E-state index in [1.807, 2.05) is 12.1 Å². The second-order valence-corrected chi connectivity index (χ2v) is 6.17. The van der Waals surface area contributed by atoms with Crippen molar-refractivity contribution in [1.82, 2.24) is 9.97 Å². The standard InChI is InChI=1S/C16H20BrN5O4/c1-25-9-7-21(8-10-26-2)16-14(22(23)24)15(18-11-19-16)20-13-5-3-12(17)4-6-13/h3-6,11H,7-10H2,1-2H3,(H,18,19,20). The molecule has 1 aromatic heterocycles. The van der Waals surface area contributed by atoms with E-state index >= 15 is 0 Å². The van der Waals surface area contributed by atoms with Gasteiger partial charge in [0, 0.05) is 37.5 Å². The summed E-state index contributed by atoms with van der Waals surface area (Å²) in [6.07, 6.45) is 1.30. The summed E-state index contributed by atoms with van der Waals surface area (Å²) in [5.41, 5.74) is 0.490. The van der Waals surface area contributed by atoms with Crippen LogP contribution in [0.1, 0.15) is 0 Å². The van der Waals surface area contributed by atoms with Crippen LogP contribution in [0, 0.1) is 10.1 Å². The first-order valence-electron chi connectivity index (χ1n) is 7.81. The first-order valence-corrected chi connectivity index (χ1v) is 8.61. The quantitative estimate of drug-likeness (QED) is 0.457. The Labute approximate surface area is 159 Å². The molecule has 2 rings (SSSR count). The Bertz CT molecular complexity index is 721. The lowest BCUT2D eigenvalue weighted by Crippen LogP contribution is -2.32. The molecular formula is C16H20BrN5O4. The summed E-state index contributed by atoms with van der Waals surface area (Å²) in [5.74, 6) is 0.348. The van der Waals surface area contributed by atoms with Crippen LogP contribution in [0.3, 0.4) is 0 Å².